The van der Waals surface area contributed by atoms with Crippen LogP contribution < -0.4 is 10.2 Å². The number of hydrogen-bond donors (Lipinski definition) is 2. The third-order valence-electron chi connectivity index (χ3n) is 4.97. The molecule has 166 valence electrons. The van der Waals surface area contributed by atoms with Gasteiger partial charge in [-0.15, -0.1) is 0 Å². The third-order valence-corrected chi connectivity index (χ3v) is 6.52. The van der Waals surface area contributed by atoms with Crippen LogP contribution in [0.3, 0.4) is 0 Å². The van der Waals surface area contributed by atoms with E-state index in [2.05, 4.69) is 26.1 Å². The van der Waals surface area contributed by atoms with Crippen molar-refractivity contribution in [2.45, 2.75) is 0 Å². The topological polar surface area (TPSA) is 99.2 Å². The lowest BCUT2D eigenvalue weighted by atomic mass is 10.2. The Labute approximate surface area is 197 Å². The number of thioether (sulfide) groups is 1. The second-order valence-corrected chi connectivity index (χ2v) is 8.99. The van der Waals surface area contributed by atoms with Gasteiger partial charge in [-0.05, 0) is 63.6 Å². The van der Waals surface area contributed by atoms with Gasteiger partial charge in [0.2, 0.25) is 5.91 Å². The van der Waals surface area contributed by atoms with Crippen molar-refractivity contribution in [2.24, 2.45) is 0 Å². The number of hydrogen-bond acceptors (Lipinski definition) is 7. The molecule has 0 spiro atoms. The molecule has 0 bridgehead atoms. The molecule has 8 nitrogen and oxygen atoms in total. The number of rotatable bonds is 5. The van der Waals surface area contributed by atoms with Crippen LogP contribution in [-0.4, -0.2) is 59.9 Å². The van der Waals surface area contributed by atoms with Crippen molar-refractivity contribution in [2.75, 3.05) is 43.1 Å². The molecule has 0 saturated carbocycles. The number of benzene rings is 2. The number of phenolic OH excluding ortho intramolecular Hbond substituents is 1. The van der Waals surface area contributed by atoms with Gasteiger partial charge in [0.05, 0.1) is 34.0 Å². The van der Waals surface area contributed by atoms with Crippen LogP contribution in [0, 0.1) is 0 Å². The Morgan fingerprint density at radius 1 is 1.19 bits per heavy atom. The van der Waals surface area contributed by atoms with E-state index in [0.29, 0.717) is 42.0 Å². The number of para-hydroxylation sites is 2. The summed E-state index contributed by atoms with van der Waals surface area (Å²) in [7, 11) is 0. The average Bonchev–Trinajstić information content (AvgIpc) is 3.04. The lowest BCUT2D eigenvalue weighted by Crippen LogP contribution is -2.38. The van der Waals surface area contributed by atoms with E-state index in [0.717, 1.165) is 22.3 Å². The van der Waals surface area contributed by atoms with Crippen LogP contribution in [0.1, 0.15) is 5.56 Å². The Morgan fingerprint density at radius 3 is 2.69 bits per heavy atom. The van der Waals surface area contributed by atoms with Gasteiger partial charge < -0.3 is 20.1 Å². The number of aromatic hydroxyl groups is 1. The van der Waals surface area contributed by atoms with Gasteiger partial charge >= 0.3 is 0 Å². The molecule has 2 aromatic carbocycles. The molecule has 0 unspecified atom stereocenters. The second kappa shape index (κ2) is 9.76. The minimum absolute atomic E-state index is 0.0734. The summed E-state index contributed by atoms with van der Waals surface area (Å²) in [5.41, 5.74) is 2.14. The van der Waals surface area contributed by atoms with Gasteiger partial charge in [0.25, 0.3) is 11.1 Å². The number of anilines is 2. The van der Waals surface area contributed by atoms with E-state index in [1.165, 1.54) is 6.07 Å². The maximum atomic E-state index is 12.7. The number of nitrogens with one attached hydrogen (secondary N) is 1. The predicted octanol–water partition coefficient (Wildman–Crippen LogP) is 3.67. The number of phenols is 1. The Morgan fingerprint density at radius 2 is 1.94 bits per heavy atom. The fraction of sp³-hybridized carbons (Fsp3) is 0.227. The molecular formula is C22H20BrN3O5S. The molecule has 2 aromatic rings. The number of ether oxygens (including phenoxy) is 1. The lowest BCUT2D eigenvalue weighted by Gasteiger charge is -2.30. The van der Waals surface area contributed by atoms with Crippen molar-refractivity contribution in [3.05, 3.63) is 57.4 Å². The Bertz CT molecular complexity index is 1100. The summed E-state index contributed by atoms with van der Waals surface area (Å²) in [5.74, 6) is -0.910. The van der Waals surface area contributed by atoms with Crippen LogP contribution in [0.4, 0.5) is 16.2 Å². The highest BCUT2D eigenvalue weighted by atomic mass is 79.9. The van der Waals surface area contributed by atoms with Crippen molar-refractivity contribution < 1.29 is 24.2 Å². The molecule has 4 rings (SSSR count). The maximum absolute atomic E-state index is 12.7. The summed E-state index contributed by atoms with van der Waals surface area (Å²) in [6.07, 6.45) is 1.56. The number of halogens is 1. The van der Waals surface area contributed by atoms with Gasteiger partial charge in [-0.2, -0.15) is 0 Å². The van der Waals surface area contributed by atoms with Crippen LogP contribution in [-0.2, 0) is 14.3 Å². The van der Waals surface area contributed by atoms with Gasteiger partial charge in [0.15, 0.2) is 0 Å². The van der Waals surface area contributed by atoms with Crippen LogP contribution in [0.15, 0.2) is 51.8 Å². The molecular weight excluding hydrogens is 498 g/mol. The first-order valence-electron chi connectivity index (χ1n) is 9.88. The molecule has 0 atom stereocenters. The summed E-state index contributed by atoms with van der Waals surface area (Å²) in [6.45, 7) is 2.28. The largest absolute Gasteiger partial charge is 0.507 e. The SMILES string of the molecule is O=C(CN1C(=O)S/C(=C/c2ccc(O)c(Br)c2)C1=O)Nc1ccccc1N1CCOCC1. The molecule has 0 radical (unpaired) electrons. The molecule has 2 saturated heterocycles. The molecule has 32 heavy (non-hydrogen) atoms. The number of imide groups is 1. The number of amides is 3. The average molecular weight is 518 g/mol. The molecule has 2 heterocycles. The maximum Gasteiger partial charge on any atom is 0.294 e. The third kappa shape index (κ3) is 4.98. The fourth-order valence-electron chi connectivity index (χ4n) is 3.39. The first kappa shape index (κ1) is 22.4. The van der Waals surface area contributed by atoms with E-state index in [4.69, 9.17) is 4.74 Å². The van der Waals surface area contributed by atoms with Gasteiger partial charge in [-0.1, -0.05) is 18.2 Å². The highest BCUT2D eigenvalue weighted by Gasteiger charge is 2.36. The minimum atomic E-state index is -0.527. The fourth-order valence-corrected chi connectivity index (χ4v) is 4.63. The first-order valence-corrected chi connectivity index (χ1v) is 11.5. The normalized spacial score (nSPS) is 17.8. The van der Waals surface area contributed by atoms with Gasteiger partial charge in [-0.25, -0.2) is 0 Å². The van der Waals surface area contributed by atoms with Gasteiger partial charge in [0.1, 0.15) is 12.3 Å². The van der Waals surface area contributed by atoms with Crippen LogP contribution >= 0.6 is 27.7 Å². The number of morpholine rings is 1. The Balaban J connectivity index is 1.45. The summed E-state index contributed by atoms with van der Waals surface area (Å²) >= 11 is 4.00. The molecule has 2 aliphatic rings. The molecule has 2 aliphatic heterocycles. The van der Waals surface area contributed by atoms with E-state index < -0.39 is 17.1 Å². The smallest absolute Gasteiger partial charge is 0.294 e. The second-order valence-electron chi connectivity index (χ2n) is 7.14. The van der Waals surface area contributed by atoms with Crippen molar-refractivity contribution in [1.29, 1.82) is 0 Å². The summed E-state index contributed by atoms with van der Waals surface area (Å²) < 4.78 is 5.86. The summed E-state index contributed by atoms with van der Waals surface area (Å²) in [4.78, 5) is 41.1. The predicted molar refractivity (Wildman–Crippen MR) is 127 cm³/mol. The highest BCUT2D eigenvalue weighted by molar-refractivity contribution is 9.10. The van der Waals surface area contributed by atoms with Crippen molar-refractivity contribution in [1.82, 2.24) is 4.90 Å². The Hall–Kier alpha value is -2.82. The van der Waals surface area contributed by atoms with Crippen LogP contribution in [0.5, 0.6) is 5.75 Å². The van der Waals surface area contributed by atoms with E-state index >= 15 is 0 Å². The number of nitrogens with zero attached hydrogens (tertiary/aromatic N) is 2. The molecule has 0 aliphatic carbocycles. The van der Waals surface area contributed by atoms with Crippen LogP contribution in [0.2, 0.25) is 0 Å². The zero-order valence-corrected chi connectivity index (χ0v) is 19.3. The van der Waals surface area contributed by atoms with E-state index in [1.54, 1.807) is 24.3 Å². The number of carbonyl (C=O) groups excluding carboxylic acids is 3. The molecule has 0 aromatic heterocycles. The Kier molecular flexibility index (Phi) is 6.83. The van der Waals surface area contributed by atoms with E-state index in [9.17, 15) is 19.5 Å². The first-order chi connectivity index (χ1) is 15.4. The summed E-state index contributed by atoms with van der Waals surface area (Å²) in [5, 5.41) is 11.9. The zero-order chi connectivity index (χ0) is 22.7. The van der Waals surface area contributed by atoms with E-state index in [-0.39, 0.29) is 17.2 Å². The monoisotopic (exact) mass is 517 g/mol. The quantitative estimate of drug-likeness (QED) is 0.583. The van der Waals surface area contributed by atoms with Gasteiger partial charge in [0, 0.05) is 13.1 Å². The standard InChI is InChI=1S/C22H20BrN3O5S/c23-15-11-14(5-6-18(15)27)12-19-21(29)26(22(30)32-19)13-20(28)24-16-3-1-2-4-17(16)25-7-9-31-10-8-25/h1-6,11-12,27H,7-10,13H2,(H,24,28)/b19-12+. The van der Waals surface area contributed by atoms with Crippen molar-refractivity contribution in [3.63, 3.8) is 0 Å². The molecule has 2 N–H and O–H groups in total. The molecule has 3 amide bonds. The van der Waals surface area contributed by atoms with Crippen molar-refractivity contribution >= 4 is 62.2 Å². The number of carbonyl (C=O) groups is 3. The highest BCUT2D eigenvalue weighted by Crippen LogP contribution is 2.34. The molecule has 2 fully saturated rings. The zero-order valence-electron chi connectivity index (χ0n) is 16.9. The molecule has 10 heteroatoms. The summed E-state index contributed by atoms with van der Waals surface area (Å²) in [6, 6.07) is 12.2. The lowest BCUT2D eigenvalue weighted by molar-refractivity contribution is -0.127. The van der Waals surface area contributed by atoms with E-state index in [1.807, 2.05) is 18.2 Å². The van der Waals surface area contributed by atoms with Crippen LogP contribution in [0.25, 0.3) is 6.08 Å². The minimum Gasteiger partial charge on any atom is -0.507 e. The van der Waals surface area contributed by atoms with Gasteiger partial charge in [-0.3, -0.25) is 19.3 Å². The van der Waals surface area contributed by atoms with Crippen molar-refractivity contribution in [3.8, 4) is 5.75 Å².